The number of nitrogens with two attached hydrogens (primary N) is 2. The summed E-state index contributed by atoms with van der Waals surface area (Å²) in [5, 5.41) is 0. The van der Waals surface area contributed by atoms with Crippen molar-refractivity contribution in [3.8, 4) is 0 Å². The van der Waals surface area contributed by atoms with Crippen LogP contribution in [0.3, 0.4) is 0 Å². The van der Waals surface area contributed by atoms with E-state index in [4.69, 9.17) is 24.7 Å². The van der Waals surface area contributed by atoms with E-state index >= 15 is 0 Å². The highest BCUT2D eigenvalue weighted by Gasteiger charge is 2.45. The Kier molecular flexibility index (Phi) is 5.20. The first-order valence-corrected chi connectivity index (χ1v) is 6.46. The lowest BCUT2D eigenvalue weighted by atomic mass is 9.98. The van der Waals surface area contributed by atoms with Crippen molar-refractivity contribution >= 4 is 8.80 Å². The Labute approximate surface area is 87.1 Å². The predicted molar refractivity (Wildman–Crippen MR) is 57.8 cm³/mol. The Morgan fingerprint density at radius 2 is 1.57 bits per heavy atom. The Balaban J connectivity index is 4.58. The van der Waals surface area contributed by atoms with Crippen molar-refractivity contribution in [1.82, 2.24) is 0 Å². The van der Waals surface area contributed by atoms with Crippen LogP contribution in [-0.2, 0) is 13.3 Å². The maximum atomic E-state index is 6.04. The molecular formula is C8H22N2O3Si. The SMILES string of the molecule is CO[Si](CC(C)(N)C(C)N)(OC)OC. The summed E-state index contributed by atoms with van der Waals surface area (Å²) in [5.41, 5.74) is 11.3. The van der Waals surface area contributed by atoms with Crippen LogP contribution in [0, 0.1) is 0 Å². The van der Waals surface area contributed by atoms with Crippen LogP contribution < -0.4 is 11.5 Å². The van der Waals surface area contributed by atoms with Gasteiger partial charge in [-0.15, -0.1) is 0 Å². The van der Waals surface area contributed by atoms with E-state index in [0.29, 0.717) is 6.04 Å². The van der Waals surface area contributed by atoms with Crippen molar-refractivity contribution < 1.29 is 13.3 Å². The van der Waals surface area contributed by atoms with Gasteiger partial charge >= 0.3 is 8.80 Å². The summed E-state index contributed by atoms with van der Waals surface area (Å²) in [7, 11) is 2.08. The molecule has 0 spiro atoms. The second kappa shape index (κ2) is 5.20. The van der Waals surface area contributed by atoms with Gasteiger partial charge < -0.3 is 24.7 Å². The smallest absolute Gasteiger partial charge is 0.377 e. The maximum absolute atomic E-state index is 6.04. The molecule has 0 aromatic heterocycles. The van der Waals surface area contributed by atoms with Gasteiger partial charge in [0.25, 0.3) is 0 Å². The van der Waals surface area contributed by atoms with Gasteiger partial charge in [-0.3, -0.25) is 0 Å². The third-order valence-electron chi connectivity index (χ3n) is 2.57. The van der Waals surface area contributed by atoms with Crippen LogP contribution in [0.1, 0.15) is 13.8 Å². The zero-order chi connectivity index (χ0) is 11.4. The minimum Gasteiger partial charge on any atom is -0.377 e. The fourth-order valence-corrected chi connectivity index (χ4v) is 3.28. The van der Waals surface area contributed by atoms with Crippen LogP contribution >= 0.6 is 0 Å². The molecule has 0 aromatic rings. The lowest BCUT2D eigenvalue weighted by Crippen LogP contribution is -2.59. The van der Waals surface area contributed by atoms with E-state index in [9.17, 15) is 0 Å². The first kappa shape index (κ1) is 14.0. The van der Waals surface area contributed by atoms with E-state index < -0.39 is 14.3 Å². The van der Waals surface area contributed by atoms with Gasteiger partial charge in [0.1, 0.15) is 0 Å². The number of rotatable bonds is 6. The van der Waals surface area contributed by atoms with Gasteiger partial charge in [0.15, 0.2) is 0 Å². The van der Waals surface area contributed by atoms with Crippen LogP contribution in [0.25, 0.3) is 0 Å². The van der Waals surface area contributed by atoms with Crippen molar-refractivity contribution in [3.63, 3.8) is 0 Å². The molecule has 4 N–H and O–H groups in total. The Bertz CT molecular complexity index is 164. The summed E-state index contributed by atoms with van der Waals surface area (Å²) in [6, 6.07) is 0.357. The highest BCUT2D eigenvalue weighted by atomic mass is 28.4. The average molecular weight is 222 g/mol. The molecule has 0 fully saturated rings. The van der Waals surface area contributed by atoms with Crippen LogP contribution in [0.5, 0.6) is 0 Å². The van der Waals surface area contributed by atoms with E-state index in [1.807, 2.05) is 13.8 Å². The molecule has 0 bridgehead atoms. The molecule has 0 saturated carbocycles. The average Bonchev–Trinajstić information content (AvgIpc) is 2.14. The molecule has 2 unspecified atom stereocenters. The molecule has 0 aromatic carbocycles. The molecule has 0 radical (unpaired) electrons. The van der Waals surface area contributed by atoms with Gasteiger partial charge in [-0.2, -0.15) is 0 Å². The minimum atomic E-state index is -2.62. The van der Waals surface area contributed by atoms with Gasteiger partial charge in [-0.1, -0.05) is 0 Å². The van der Waals surface area contributed by atoms with E-state index in [2.05, 4.69) is 0 Å². The van der Waals surface area contributed by atoms with E-state index in [0.717, 1.165) is 0 Å². The van der Waals surface area contributed by atoms with Crippen LogP contribution in [0.2, 0.25) is 6.04 Å². The fraction of sp³-hybridized carbons (Fsp3) is 1.00. The van der Waals surface area contributed by atoms with Gasteiger partial charge in [0.05, 0.1) is 0 Å². The van der Waals surface area contributed by atoms with Crippen molar-refractivity contribution in [1.29, 1.82) is 0 Å². The first-order valence-electron chi connectivity index (χ1n) is 4.53. The van der Waals surface area contributed by atoms with Gasteiger partial charge in [-0.25, -0.2) is 0 Å². The first-order chi connectivity index (χ1) is 6.33. The molecule has 0 rings (SSSR count). The summed E-state index contributed by atoms with van der Waals surface area (Å²) in [5.74, 6) is 0. The van der Waals surface area contributed by atoms with Gasteiger partial charge in [0, 0.05) is 39.0 Å². The molecule has 5 nitrogen and oxygen atoms in total. The standard InChI is InChI=1S/C8H22N2O3Si/c1-7(9)8(2,10)6-14(11-3,12-4)13-5/h7H,6,9-10H2,1-5H3. The largest absolute Gasteiger partial charge is 0.502 e. The minimum absolute atomic E-state index is 0.144. The Morgan fingerprint density at radius 1 is 1.21 bits per heavy atom. The second-order valence-corrected chi connectivity index (χ2v) is 6.71. The van der Waals surface area contributed by atoms with Crippen molar-refractivity contribution in [3.05, 3.63) is 0 Å². The third kappa shape index (κ3) is 3.30. The summed E-state index contributed by atoms with van der Waals surface area (Å²) in [6.45, 7) is 3.73. The molecule has 0 aliphatic carbocycles. The summed E-state index contributed by atoms with van der Waals surface area (Å²) in [4.78, 5) is 0. The summed E-state index contributed by atoms with van der Waals surface area (Å²) >= 11 is 0. The molecule has 6 heteroatoms. The number of hydrogen-bond donors (Lipinski definition) is 2. The Hall–Kier alpha value is 0.0169. The molecule has 0 saturated heterocycles. The summed E-state index contributed by atoms with van der Waals surface area (Å²) in [6.07, 6.45) is 0. The highest BCUT2D eigenvalue weighted by Crippen LogP contribution is 2.22. The molecular weight excluding hydrogens is 200 g/mol. The fourth-order valence-electron chi connectivity index (χ4n) is 1.09. The van der Waals surface area contributed by atoms with Crippen molar-refractivity contribution in [2.24, 2.45) is 11.5 Å². The molecule has 2 atom stereocenters. The predicted octanol–water partition coefficient (Wildman–Crippen LogP) is -0.0709. The molecule has 0 aliphatic heterocycles. The monoisotopic (exact) mass is 222 g/mol. The van der Waals surface area contributed by atoms with E-state index in [1.165, 1.54) is 0 Å². The number of hydrogen-bond acceptors (Lipinski definition) is 5. The summed E-state index contributed by atoms with van der Waals surface area (Å²) < 4.78 is 15.8. The normalized spacial score (nSPS) is 19.1. The lowest BCUT2D eigenvalue weighted by molar-refractivity contribution is 0.114. The molecule has 14 heavy (non-hydrogen) atoms. The zero-order valence-corrected chi connectivity index (χ0v) is 10.7. The van der Waals surface area contributed by atoms with Gasteiger partial charge in [-0.05, 0) is 13.8 Å². The molecule has 0 heterocycles. The third-order valence-corrected chi connectivity index (χ3v) is 5.63. The van der Waals surface area contributed by atoms with Crippen molar-refractivity contribution in [2.75, 3.05) is 21.3 Å². The van der Waals surface area contributed by atoms with Crippen molar-refractivity contribution in [2.45, 2.75) is 31.5 Å². The molecule has 86 valence electrons. The topological polar surface area (TPSA) is 79.7 Å². The molecule has 0 amide bonds. The second-order valence-electron chi connectivity index (χ2n) is 3.77. The maximum Gasteiger partial charge on any atom is 0.502 e. The lowest BCUT2D eigenvalue weighted by Gasteiger charge is -2.35. The highest BCUT2D eigenvalue weighted by molar-refractivity contribution is 6.60. The molecule has 0 aliphatic rings. The zero-order valence-electron chi connectivity index (χ0n) is 9.66. The van der Waals surface area contributed by atoms with Crippen LogP contribution in [0.4, 0.5) is 0 Å². The van der Waals surface area contributed by atoms with Crippen LogP contribution in [-0.4, -0.2) is 41.7 Å². The van der Waals surface area contributed by atoms with E-state index in [1.54, 1.807) is 21.3 Å². The quantitative estimate of drug-likeness (QED) is 0.615. The van der Waals surface area contributed by atoms with E-state index in [-0.39, 0.29) is 6.04 Å². The Morgan fingerprint density at radius 3 is 1.79 bits per heavy atom. The van der Waals surface area contributed by atoms with Gasteiger partial charge in [0.2, 0.25) is 0 Å². The van der Waals surface area contributed by atoms with Crippen LogP contribution in [0.15, 0.2) is 0 Å².